The number of hydrogen-bond acceptors (Lipinski definition) is 7. The van der Waals surface area contributed by atoms with Crippen LogP contribution in [0, 0.1) is 35.3 Å². The summed E-state index contributed by atoms with van der Waals surface area (Å²) in [5.74, 6) is -0.652. The van der Waals surface area contributed by atoms with Gasteiger partial charge >= 0.3 is 0 Å². The van der Waals surface area contributed by atoms with Crippen molar-refractivity contribution in [2.24, 2.45) is 0 Å². The lowest BCUT2D eigenvalue weighted by Gasteiger charge is -2.08. The molecule has 10 heteroatoms. The molecular weight excluding hydrogens is 430 g/mol. The summed E-state index contributed by atoms with van der Waals surface area (Å²) in [5, 5.41) is 23.7. The topological polar surface area (TPSA) is 142 Å². The minimum absolute atomic E-state index is 0.206. The molecule has 2 N–H and O–H groups in total. The number of nitriles is 1. The number of H-pyrrole nitrogens is 1. The fraction of sp³-hybridized carbons (Fsp3) is 0.0909. The lowest BCUT2D eigenvalue weighted by molar-refractivity contribution is -0.384. The summed E-state index contributed by atoms with van der Waals surface area (Å²) in [6.45, 7) is 3.57. The summed E-state index contributed by atoms with van der Waals surface area (Å²) in [5.41, 5.74) is 1.52. The van der Waals surface area contributed by atoms with Crippen LogP contribution < -0.4 is 10.9 Å². The number of rotatable bonds is 6. The first-order valence-electron chi connectivity index (χ1n) is 9.29. The van der Waals surface area contributed by atoms with Gasteiger partial charge in [-0.15, -0.1) is 0 Å². The standard InChI is InChI=1S/C22H17N5O4S/c1-13-3-5-17(6-4-13)25-21(29)16(12-23)10-15-11-18(27(30)31)7-8-19(15)32-22-24-14(2)9-20(28)26-22/h3-11H,1-2H3,(H,25,29)(H,24,26,28)/b16-10+. The van der Waals surface area contributed by atoms with E-state index >= 15 is 0 Å². The maximum atomic E-state index is 12.6. The van der Waals surface area contributed by atoms with Gasteiger partial charge in [0.25, 0.3) is 17.2 Å². The molecule has 1 heterocycles. The molecule has 0 aliphatic carbocycles. The number of aryl methyl sites for hydroxylation is 2. The average Bonchev–Trinajstić information content (AvgIpc) is 2.73. The first-order valence-corrected chi connectivity index (χ1v) is 10.1. The quantitative estimate of drug-likeness (QED) is 0.191. The number of aromatic amines is 1. The Labute approximate surface area is 187 Å². The van der Waals surface area contributed by atoms with Gasteiger partial charge in [0, 0.05) is 34.5 Å². The fourth-order valence-electron chi connectivity index (χ4n) is 2.70. The van der Waals surface area contributed by atoms with Gasteiger partial charge in [-0.05, 0) is 43.7 Å². The maximum absolute atomic E-state index is 12.6. The van der Waals surface area contributed by atoms with Crippen molar-refractivity contribution in [3.8, 4) is 6.07 Å². The zero-order valence-corrected chi connectivity index (χ0v) is 17.9. The molecule has 0 aliphatic heterocycles. The van der Waals surface area contributed by atoms with E-state index in [1.165, 1.54) is 30.3 Å². The molecule has 0 unspecified atom stereocenters. The molecule has 3 rings (SSSR count). The number of nitro groups is 1. The molecule has 0 saturated carbocycles. The van der Waals surface area contributed by atoms with Gasteiger partial charge in [-0.2, -0.15) is 5.26 Å². The minimum atomic E-state index is -0.652. The highest BCUT2D eigenvalue weighted by molar-refractivity contribution is 7.99. The van der Waals surface area contributed by atoms with Crippen molar-refractivity contribution in [2.75, 3.05) is 5.32 Å². The number of nitrogens with one attached hydrogen (secondary N) is 2. The van der Waals surface area contributed by atoms with E-state index in [-0.39, 0.29) is 27.5 Å². The van der Waals surface area contributed by atoms with Gasteiger partial charge in [-0.25, -0.2) is 4.98 Å². The lowest BCUT2D eigenvalue weighted by Crippen LogP contribution is -2.13. The molecule has 32 heavy (non-hydrogen) atoms. The second kappa shape index (κ2) is 9.72. The second-order valence-corrected chi connectivity index (χ2v) is 7.79. The summed E-state index contributed by atoms with van der Waals surface area (Å²) in [4.78, 5) is 42.3. The third-order valence-electron chi connectivity index (χ3n) is 4.23. The van der Waals surface area contributed by atoms with Crippen LogP contribution in [0.15, 0.2) is 69.0 Å². The Hall–Kier alpha value is -4.23. The summed E-state index contributed by atoms with van der Waals surface area (Å²) in [7, 11) is 0. The Morgan fingerprint density at radius 3 is 2.56 bits per heavy atom. The monoisotopic (exact) mass is 447 g/mol. The van der Waals surface area contributed by atoms with Gasteiger partial charge in [-0.1, -0.05) is 29.5 Å². The van der Waals surface area contributed by atoms with Crippen molar-refractivity contribution in [1.82, 2.24) is 9.97 Å². The average molecular weight is 447 g/mol. The molecule has 0 saturated heterocycles. The Kier molecular flexibility index (Phi) is 6.82. The number of aromatic nitrogens is 2. The predicted octanol–water partition coefficient (Wildman–Crippen LogP) is 3.99. The van der Waals surface area contributed by atoms with Gasteiger partial charge in [0.15, 0.2) is 5.16 Å². The molecule has 0 bridgehead atoms. The molecule has 160 valence electrons. The van der Waals surface area contributed by atoms with Gasteiger partial charge < -0.3 is 10.3 Å². The molecule has 9 nitrogen and oxygen atoms in total. The van der Waals surface area contributed by atoms with Crippen LogP contribution in [0.4, 0.5) is 11.4 Å². The lowest BCUT2D eigenvalue weighted by atomic mass is 10.1. The molecule has 1 aromatic heterocycles. The van der Waals surface area contributed by atoms with Gasteiger partial charge in [0.1, 0.15) is 11.6 Å². The van der Waals surface area contributed by atoms with Crippen LogP contribution >= 0.6 is 11.8 Å². The van der Waals surface area contributed by atoms with Crippen molar-refractivity contribution in [1.29, 1.82) is 5.26 Å². The zero-order chi connectivity index (χ0) is 23.3. The SMILES string of the molecule is Cc1ccc(NC(=O)/C(C#N)=C/c2cc([N+](=O)[O-])ccc2Sc2nc(C)cc(=O)[nH]2)cc1. The van der Waals surface area contributed by atoms with Gasteiger partial charge in [-0.3, -0.25) is 19.7 Å². The van der Waals surface area contributed by atoms with E-state index < -0.39 is 10.8 Å². The van der Waals surface area contributed by atoms with E-state index in [1.54, 1.807) is 19.1 Å². The third-order valence-corrected chi connectivity index (χ3v) is 5.21. The van der Waals surface area contributed by atoms with Gasteiger partial charge in [0.05, 0.1) is 4.92 Å². The molecule has 0 atom stereocenters. The van der Waals surface area contributed by atoms with E-state index in [4.69, 9.17) is 0 Å². The number of carbonyl (C=O) groups excluding carboxylic acids is 1. The van der Waals surface area contributed by atoms with Crippen LogP contribution in [0.3, 0.4) is 0 Å². The highest BCUT2D eigenvalue weighted by atomic mass is 32.2. The molecule has 3 aromatic rings. The summed E-state index contributed by atoms with van der Waals surface area (Å²) < 4.78 is 0. The number of amides is 1. The number of carbonyl (C=O) groups is 1. The first kappa shape index (κ1) is 22.5. The fourth-order valence-corrected chi connectivity index (χ4v) is 3.62. The van der Waals surface area contributed by atoms with E-state index in [0.717, 1.165) is 17.3 Å². The largest absolute Gasteiger partial charge is 0.321 e. The molecule has 0 spiro atoms. The van der Waals surface area contributed by atoms with E-state index in [9.17, 15) is 25.0 Å². The summed E-state index contributed by atoms with van der Waals surface area (Å²) >= 11 is 1.06. The van der Waals surface area contributed by atoms with Crippen molar-refractivity contribution < 1.29 is 9.72 Å². The Balaban J connectivity index is 1.99. The first-order chi connectivity index (χ1) is 15.2. The van der Waals surface area contributed by atoms with Crippen molar-refractivity contribution in [3.05, 3.63) is 91.4 Å². The third kappa shape index (κ3) is 5.68. The molecule has 0 fully saturated rings. The normalized spacial score (nSPS) is 11.0. The predicted molar refractivity (Wildman–Crippen MR) is 120 cm³/mol. The van der Waals surface area contributed by atoms with Crippen molar-refractivity contribution >= 4 is 35.1 Å². The van der Waals surface area contributed by atoms with E-state index in [0.29, 0.717) is 16.3 Å². The molecule has 0 radical (unpaired) electrons. The Morgan fingerprint density at radius 1 is 1.22 bits per heavy atom. The molecule has 2 aromatic carbocycles. The van der Waals surface area contributed by atoms with Crippen LogP contribution in [0.5, 0.6) is 0 Å². The highest BCUT2D eigenvalue weighted by Gasteiger charge is 2.16. The smallest absolute Gasteiger partial charge is 0.270 e. The Bertz CT molecular complexity index is 1320. The van der Waals surface area contributed by atoms with Crippen LogP contribution in [-0.2, 0) is 4.79 Å². The zero-order valence-electron chi connectivity index (χ0n) is 17.1. The molecule has 0 aliphatic rings. The maximum Gasteiger partial charge on any atom is 0.270 e. The van der Waals surface area contributed by atoms with Crippen molar-refractivity contribution in [2.45, 2.75) is 23.9 Å². The highest BCUT2D eigenvalue weighted by Crippen LogP contribution is 2.32. The van der Waals surface area contributed by atoms with E-state index in [1.807, 2.05) is 25.1 Å². The number of nitro benzene ring substituents is 1. The van der Waals surface area contributed by atoms with Gasteiger partial charge in [0.2, 0.25) is 0 Å². The summed E-state index contributed by atoms with van der Waals surface area (Å²) in [6.07, 6.45) is 1.27. The van der Waals surface area contributed by atoms with Crippen LogP contribution in [-0.4, -0.2) is 20.8 Å². The Morgan fingerprint density at radius 2 is 1.94 bits per heavy atom. The molecule has 1 amide bonds. The van der Waals surface area contributed by atoms with E-state index in [2.05, 4.69) is 15.3 Å². The minimum Gasteiger partial charge on any atom is -0.321 e. The van der Waals surface area contributed by atoms with Crippen molar-refractivity contribution in [3.63, 3.8) is 0 Å². The van der Waals surface area contributed by atoms with Crippen LogP contribution in [0.1, 0.15) is 16.8 Å². The summed E-state index contributed by atoms with van der Waals surface area (Å²) in [6, 6.07) is 14.2. The van der Waals surface area contributed by atoms with Crippen LogP contribution in [0.2, 0.25) is 0 Å². The number of benzene rings is 2. The molecular formula is C22H17N5O4S. The number of nitrogens with zero attached hydrogens (tertiary/aromatic N) is 3. The second-order valence-electron chi connectivity index (χ2n) is 6.76. The number of non-ortho nitro benzene ring substituents is 1. The van der Waals surface area contributed by atoms with Crippen LogP contribution in [0.25, 0.3) is 6.08 Å². The number of anilines is 1. The number of hydrogen-bond donors (Lipinski definition) is 2.